The van der Waals surface area contributed by atoms with E-state index >= 15 is 0 Å². The van der Waals surface area contributed by atoms with Crippen LogP contribution in [0.15, 0.2) is 41.5 Å². The Morgan fingerprint density at radius 2 is 1.94 bits per heavy atom. The van der Waals surface area contributed by atoms with E-state index in [1.54, 1.807) is 31.5 Å². The second kappa shape index (κ2) is 8.71. The highest BCUT2D eigenvalue weighted by atomic mass is 32.1. The van der Waals surface area contributed by atoms with Crippen LogP contribution in [-0.4, -0.2) is 49.3 Å². The summed E-state index contributed by atoms with van der Waals surface area (Å²) in [5, 5.41) is 12.2. The van der Waals surface area contributed by atoms with Gasteiger partial charge in [-0.05, 0) is 31.2 Å². The Kier molecular flexibility index (Phi) is 5.67. The molecule has 5 aromatic rings. The maximum atomic E-state index is 13.1. The normalized spacial score (nSPS) is 11.9. The molecule has 5 rings (SSSR count). The molecule has 4 aromatic heterocycles. The molecule has 1 aromatic carbocycles. The van der Waals surface area contributed by atoms with Gasteiger partial charge in [-0.25, -0.2) is 4.79 Å². The molecular weight excluding hydrogens is 499 g/mol. The first-order valence-corrected chi connectivity index (χ1v) is 11.5. The Hall–Kier alpha value is -4.33. The molecule has 0 saturated carbocycles. The van der Waals surface area contributed by atoms with Crippen LogP contribution in [0.1, 0.15) is 27.0 Å². The average molecular weight is 517 g/mol. The van der Waals surface area contributed by atoms with E-state index in [0.717, 1.165) is 10.4 Å². The minimum Gasteiger partial charge on any atom is -0.352 e. The van der Waals surface area contributed by atoms with Crippen molar-refractivity contribution < 1.29 is 22.8 Å². The Labute approximate surface area is 203 Å². The van der Waals surface area contributed by atoms with E-state index < -0.39 is 30.2 Å². The zero-order valence-corrected chi connectivity index (χ0v) is 19.4. The van der Waals surface area contributed by atoms with Gasteiger partial charge in [0.2, 0.25) is 0 Å². The molecule has 5 N–H and O–H groups in total. The van der Waals surface area contributed by atoms with Crippen molar-refractivity contribution in [2.24, 2.45) is 0 Å². The summed E-state index contributed by atoms with van der Waals surface area (Å²) in [4.78, 5) is 44.6. The summed E-state index contributed by atoms with van der Waals surface area (Å²) in [5.74, 6) is -0.938. The third kappa shape index (κ3) is 4.26. The number of halogens is 3. The summed E-state index contributed by atoms with van der Waals surface area (Å²) in [6, 6.07) is 6.16. The number of hydrogen-bond acceptors (Lipinski definition) is 5. The first-order chi connectivity index (χ1) is 17.1. The van der Waals surface area contributed by atoms with Gasteiger partial charge in [0.1, 0.15) is 12.4 Å². The van der Waals surface area contributed by atoms with E-state index in [1.807, 2.05) is 0 Å². The molecule has 186 valence electrons. The summed E-state index contributed by atoms with van der Waals surface area (Å²) < 4.78 is 39.7. The number of fused-ring (bicyclic) bond motifs is 2. The molecule has 4 heterocycles. The van der Waals surface area contributed by atoms with E-state index in [-0.39, 0.29) is 34.3 Å². The monoisotopic (exact) mass is 517 g/mol. The third-order valence-electron chi connectivity index (χ3n) is 5.45. The highest BCUT2D eigenvalue weighted by molar-refractivity contribution is 7.17. The Balaban J connectivity index is 1.58. The number of anilines is 1. The van der Waals surface area contributed by atoms with Gasteiger partial charge in [0.15, 0.2) is 0 Å². The third-order valence-corrected chi connectivity index (χ3v) is 6.58. The first kappa shape index (κ1) is 23.4. The molecule has 0 radical (unpaired) electrons. The Bertz CT molecular complexity index is 1660. The molecule has 14 heteroatoms. The number of carbonyl (C=O) groups excluding carboxylic acids is 2. The zero-order chi connectivity index (χ0) is 25.6. The molecule has 2 amide bonds. The van der Waals surface area contributed by atoms with Crippen LogP contribution in [0.5, 0.6) is 0 Å². The summed E-state index contributed by atoms with van der Waals surface area (Å²) in [6.07, 6.45) is -1.31. The van der Waals surface area contributed by atoms with Gasteiger partial charge in [0.25, 0.3) is 11.8 Å². The van der Waals surface area contributed by atoms with E-state index in [0.29, 0.717) is 15.0 Å². The minimum absolute atomic E-state index is 0.0183. The van der Waals surface area contributed by atoms with Crippen molar-refractivity contribution in [2.45, 2.75) is 19.6 Å². The summed E-state index contributed by atoms with van der Waals surface area (Å²) in [5.41, 5.74) is 0.420. The van der Waals surface area contributed by atoms with E-state index in [1.165, 1.54) is 23.5 Å². The molecule has 0 aliphatic heterocycles. The van der Waals surface area contributed by atoms with Crippen molar-refractivity contribution in [1.82, 2.24) is 30.0 Å². The Morgan fingerprint density at radius 1 is 1.14 bits per heavy atom. The number of carbonyl (C=O) groups is 2. The van der Waals surface area contributed by atoms with Gasteiger partial charge in [-0.2, -0.15) is 18.3 Å². The zero-order valence-electron chi connectivity index (χ0n) is 18.5. The van der Waals surface area contributed by atoms with Crippen molar-refractivity contribution in [3.8, 4) is 10.4 Å². The highest BCUT2D eigenvalue weighted by Crippen LogP contribution is 2.32. The van der Waals surface area contributed by atoms with Gasteiger partial charge >= 0.3 is 11.9 Å². The number of aromatic nitrogens is 5. The summed E-state index contributed by atoms with van der Waals surface area (Å²) in [6.45, 7) is 0.502. The number of nitrogens with one attached hydrogen (secondary N) is 5. The summed E-state index contributed by atoms with van der Waals surface area (Å²) >= 11 is 1.23. The molecule has 0 saturated heterocycles. The van der Waals surface area contributed by atoms with Gasteiger partial charge in [-0.1, -0.05) is 0 Å². The number of H-pyrrole nitrogens is 3. The minimum atomic E-state index is -4.62. The van der Waals surface area contributed by atoms with Crippen LogP contribution >= 0.6 is 11.3 Å². The van der Waals surface area contributed by atoms with Crippen molar-refractivity contribution in [3.63, 3.8) is 0 Å². The second-order valence-corrected chi connectivity index (χ2v) is 8.97. The van der Waals surface area contributed by atoms with Crippen LogP contribution in [-0.2, 0) is 6.54 Å². The van der Waals surface area contributed by atoms with Crippen molar-refractivity contribution in [3.05, 3.63) is 57.6 Å². The molecule has 0 aliphatic rings. The van der Waals surface area contributed by atoms with Crippen LogP contribution in [0.3, 0.4) is 0 Å². The van der Waals surface area contributed by atoms with E-state index in [9.17, 15) is 27.6 Å². The standard InChI is InChI=1S/C22H18F3N7O3S/c1-2-26-20(34)17-11-5-14-13(30-21(35)32(14)9-22(23,24)25)6-12(11)29-18(17)31-19(33)16-4-3-15(36-16)10-7-27-28-8-10/h3-8,29H,2,9H2,1H3,(H,26,34)(H,27,28)(H,30,35)(H,31,33). The second-order valence-electron chi connectivity index (χ2n) is 7.89. The number of benzene rings is 1. The van der Waals surface area contributed by atoms with Gasteiger partial charge in [0, 0.05) is 28.6 Å². The number of hydrogen-bond donors (Lipinski definition) is 5. The number of imidazole rings is 1. The molecule has 36 heavy (non-hydrogen) atoms. The fourth-order valence-electron chi connectivity index (χ4n) is 3.94. The number of thiophene rings is 1. The molecule has 0 fully saturated rings. The van der Waals surface area contributed by atoms with Gasteiger partial charge in [0.05, 0.1) is 33.2 Å². The maximum Gasteiger partial charge on any atom is 0.406 e. The van der Waals surface area contributed by atoms with Crippen LogP contribution in [0.25, 0.3) is 32.4 Å². The van der Waals surface area contributed by atoms with Gasteiger partial charge in [-0.3, -0.25) is 19.3 Å². The molecule has 0 atom stereocenters. The molecule has 0 unspecified atom stereocenters. The molecular formula is C22H18F3N7O3S. The molecule has 0 spiro atoms. The first-order valence-electron chi connectivity index (χ1n) is 10.7. The lowest BCUT2D eigenvalue weighted by molar-refractivity contribution is -0.140. The number of amides is 2. The van der Waals surface area contributed by atoms with Crippen molar-refractivity contribution >= 4 is 50.9 Å². The predicted octanol–water partition coefficient (Wildman–Crippen LogP) is 3.83. The van der Waals surface area contributed by atoms with Crippen LogP contribution < -0.4 is 16.3 Å². The number of alkyl halides is 3. The smallest absolute Gasteiger partial charge is 0.352 e. The van der Waals surface area contributed by atoms with E-state index in [4.69, 9.17) is 0 Å². The van der Waals surface area contributed by atoms with Crippen LogP contribution in [0.2, 0.25) is 0 Å². The van der Waals surface area contributed by atoms with Crippen molar-refractivity contribution in [2.75, 3.05) is 11.9 Å². The molecule has 0 bridgehead atoms. The largest absolute Gasteiger partial charge is 0.406 e. The fraction of sp³-hybridized carbons (Fsp3) is 0.182. The fourth-order valence-corrected chi connectivity index (χ4v) is 4.82. The van der Waals surface area contributed by atoms with Gasteiger partial charge in [-0.15, -0.1) is 11.3 Å². The Morgan fingerprint density at radius 3 is 2.64 bits per heavy atom. The lowest BCUT2D eigenvalue weighted by Gasteiger charge is -2.08. The average Bonchev–Trinajstić information content (AvgIpc) is 3.58. The van der Waals surface area contributed by atoms with Crippen LogP contribution in [0.4, 0.5) is 19.0 Å². The SMILES string of the molecule is CCNC(=O)c1c(NC(=O)c2ccc(-c3cn[nH]c3)s2)[nH]c2cc3[nH]c(=O)n(CC(F)(F)F)c3cc12. The lowest BCUT2D eigenvalue weighted by Crippen LogP contribution is -2.26. The summed E-state index contributed by atoms with van der Waals surface area (Å²) in [7, 11) is 0. The molecule has 0 aliphatic carbocycles. The maximum absolute atomic E-state index is 13.1. The topological polar surface area (TPSA) is 140 Å². The molecule has 10 nitrogen and oxygen atoms in total. The van der Waals surface area contributed by atoms with E-state index in [2.05, 4.69) is 30.8 Å². The van der Waals surface area contributed by atoms with Crippen LogP contribution in [0, 0.1) is 0 Å². The number of rotatable bonds is 6. The predicted molar refractivity (Wildman–Crippen MR) is 128 cm³/mol. The highest BCUT2D eigenvalue weighted by Gasteiger charge is 2.30. The number of nitrogens with zero attached hydrogens (tertiary/aromatic N) is 2. The lowest BCUT2D eigenvalue weighted by atomic mass is 10.1. The van der Waals surface area contributed by atoms with Gasteiger partial charge < -0.3 is 20.6 Å². The quantitative estimate of drug-likeness (QED) is 0.234. The van der Waals surface area contributed by atoms with Crippen molar-refractivity contribution in [1.29, 1.82) is 0 Å². The number of aromatic amines is 3.